The number of para-hydroxylation sites is 1. The number of nitrogens with zero attached hydrogens (tertiary/aromatic N) is 5. The van der Waals surface area contributed by atoms with E-state index in [-0.39, 0.29) is 5.91 Å². The van der Waals surface area contributed by atoms with Gasteiger partial charge in [0.15, 0.2) is 5.69 Å². The molecule has 1 aromatic heterocycles. The standard InChI is InChI=1S/C16H17N5O/c1-19-8-10-20(11-9-19)16(22)14-6-7-21(18-14)15-5-3-2-4-13(15)12-17/h2-7H,8-11H2,1H3. The first kappa shape index (κ1) is 14.3. The molecule has 6 heteroatoms. The van der Waals surface area contributed by atoms with Crippen molar-refractivity contribution in [3.8, 4) is 11.8 Å². The molecule has 0 atom stereocenters. The average Bonchev–Trinajstić information content (AvgIpc) is 3.04. The Hall–Kier alpha value is -2.65. The van der Waals surface area contributed by atoms with Crippen LogP contribution in [0.2, 0.25) is 0 Å². The maximum absolute atomic E-state index is 12.5. The summed E-state index contributed by atoms with van der Waals surface area (Å²) in [6.07, 6.45) is 1.72. The van der Waals surface area contributed by atoms with Crippen LogP contribution in [0.15, 0.2) is 36.5 Å². The fraction of sp³-hybridized carbons (Fsp3) is 0.312. The third-order valence-corrected chi connectivity index (χ3v) is 3.87. The molecule has 0 spiro atoms. The van der Waals surface area contributed by atoms with E-state index in [9.17, 15) is 4.79 Å². The van der Waals surface area contributed by atoms with E-state index in [1.54, 1.807) is 23.0 Å². The van der Waals surface area contributed by atoms with Crippen LogP contribution in [0, 0.1) is 11.3 Å². The number of carbonyl (C=O) groups is 1. The Morgan fingerprint density at radius 2 is 1.91 bits per heavy atom. The molecule has 1 fully saturated rings. The van der Waals surface area contributed by atoms with E-state index in [0.29, 0.717) is 16.9 Å². The highest BCUT2D eigenvalue weighted by molar-refractivity contribution is 5.92. The van der Waals surface area contributed by atoms with Gasteiger partial charge < -0.3 is 9.80 Å². The Bertz CT molecular complexity index is 722. The van der Waals surface area contributed by atoms with Crippen LogP contribution >= 0.6 is 0 Å². The molecule has 0 saturated carbocycles. The number of benzene rings is 1. The summed E-state index contributed by atoms with van der Waals surface area (Å²) in [6, 6.07) is 11.0. The topological polar surface area (TPSA) is 65.2 Å². The van der Waals surface area contributed by atoms with Crippen molar-refractivity contribution in [3.63, 3.8) is 0 Å². The Labute approximate surface area is 129 Å². The highest BCUT2D eigenvalue weighted by Gasteiger charge is 2.22. The smallest absolute Gasteiger partial charge is 0.274 e. The van der Waals surface area contributed by atoms with Crippen LogP contribution in [-0.2, 0) is 0 Å². The minimum absolute atomic E-state index is 0.0544. The number of nitriles is 1. The number of aromatic nitrogens is 2. The molecule has 1 aliphatic heterocycles. The monoisotopic (exact) mass is 295 g/mol. The molecule has 0 aliphatic carbocycles. The Morgan fingerprint density at radius 3 is 2.64 bits per heavy atom. The molecule has 0 unspecified atom stereocenters. The predicted molar refractivity (Wildman–Crippen MR) is 81.7 cm³/mol. The molecular formula is C16H17N5O. The van der Waals surface area contributed by atoms with Gasteiger partial charge >= 0.3 is 0 Å². The van der Waals surface area contributed by atoms with Gasteiger partial charge in [-0.05, 0) is 25.2 Å². The summed E-state index contributed by atoms with van der Waals surface area (Å²) in [5.41, 5.74) is 1.63. The van der Waals surface area contributed by atoms with E-state index in [0.717, 1.165) is 26.2 Å². The van der Waals surface area contributed by atoms with E-state index in [1.165, 1.54) is 0 Å². The average molecular weight is 295 g/mol. The van der Waals surface area contributed by atoms with Crippen LogP contribution < -0.4 is 0 Å². The van der Waals surface area contributed by atoms with Crippen molar-refractivity contribution in [2.45, 2.75) is 0 Å². The van der Waals surface area contributed by atoms with Gasteiger partial charge in [-0.15, -0.1) is 0 Å². The first-order valence-corrected chi connectivity index (χ1v) is 7.22. The molecule has 2 heterocycles. The van der Waals surface area contributed by atoms with Crippen LogP contribution in [0.3, 0.4) is 0 Å². The Kier molecular flexibility index (Phi) is 3.90. The number of rotatable bonds is 2. The molecule has 0 radical (unpaired) electrons. The van der Waals surface area contributed by atoms with Crippen LogP contribution in [0.5, 0.6) is 0 Å². The summed E-state index contributed by atoms with van der Waals surface area (Å²) in [4.78, 5) is 16.5. The molecule has 2 aromatic rings. The van der Waals surface area contributed by atoms with Gasteiger partial charge in [-0.3, -0.25) is 4.79 Å². The van der Waals surface area contributed by atoms with Crippen LogP contribution in [0.4, 0.5) is 0 Å². The van der Waals surface area contributed by atoms with E-state index in [2.05, 4.69) is 23.1 Å². The quantitative estimate of drug-likeness (QED) is 0.833. The summed E-state index contributed by atoms with van der Waals surface area (Å²) >= 11 is 0. The summed E-state index contributed by atoms with van der Waals surface area (Å²) < 4.78 is 1.59. The van der Waals surface area contributed by atoms with E-state index >= 15 is 0 Å². The molecule has 1 saturated heterocycles. The fourth-order valence-electron chi connectivity index (χ4n) is 2.51. The first-order valence-electron chi connectivity index (χ1n) is 7.22. The summed E-state index contributed by atoms with van der Waals surface area (Å²) in [6.45, 7) is 3.20. The lowest BCUT2D eigenvalue weighted by Crippen LogP contribution is -2.47. The van der Waals surface area contributed by atoms with Crippen LogP contribution in [-0.4, -0.2) is 58.7 Å². The second kappa shape index (κ2) is 6.00. The summed E-state index contributed by atoms with van der Waals surface area (Å²) in [7, 11) is 2.05. The molecule has 6 nitrogen and oxygen atoms in total. The van der Waals surface area contributed by atoms with Gasteiger partial charge in [0, 0.05) is 32.4 Å². The van der Waals surface area contributed by atoms with Gasteiger partial charge in [0.05, 0.1) is 11.3 Å². The number of amides is 1. The van der Waals surface area contributed by atoms with E-state index in [4.69, 9.17) is 5.26 Å². The largest absolute Gasteiger partial charge is 0.335 e. The number of hydrogen-bond acceptors (Lipinski definition) is 4. The SMILES string of the molecule is CN1CCN(C(=O)c2ccn(-c3ccccc3C#N)n2)CC1. The molecule has 22 heavy (non-hydrogen) atoms. The molecule has 3 rings (SSSR count). The van der Waals surface area contributed by atoms with E-state index in [1.807, 2.05) is 23.1 Å². The highest BCUT2D eigenvalue weighted by Crippen LogP contribution is 2.14. The molecule has 112 valence electrons. The van der Waals surface area contributed by atoms with E-state index < -0.39 is 0 Å². The zero-order chi connectivity index (χ0) is 15.5. The third-order valence-electron chi connectivity index (χ3n) is 3.87. The number of hydrogen-bond donors (Lipinski definition) is 0. The predicted octanol–water partition coefficient (Wildman–Crippen LogP) is 1.13. The molecule has 0 bridgehead atoms. The van der Waals surface area contributed by atoms with Gasteiger partial charge in [-0.2, -0.15) is 10.4 Å². The van der Waals surface area contributed by atoms with Crippen molar-refractivity contribution in [1.29, 1.82) is 5.26 Å². The summed E-state index contributed by atoms with van der Waals surface area (Å²) in [5.74, 6) is -0.0544. The maximum atomic E-state index is 12.5. The van der Waals surface area contributed by atoms with Crippen molar-refractivity contribution in [2.24, 2.45) is 0 Å². The number of piperazine rings is 1. The van der Waals surface area contributed by atoms with Gasteiger partial charge in [-0.25, -0.2) is 4.68 Å². The van der Waals surface area contributed by atoms with Gasteiger partial charge in [0.2, 0.25) is 0 Å². The zero-order valence-corrected chi connectivity index (χ0v) is 12.4. The van der Waals surface area contributed by atoms with Crippen molar-refractivity contribution < 1.29 is 4.79 Å². The van der Waals surface area contributed by atoms with Crippen molar-refractivity contribution in [3.05, 3.63) is 47.8 Å². The zero-order valence-electron chi connectivity index (χ0n) is 12.4. The minimum atomic E-state index is -0.0544. The molecule has 1 aliphatic rings. The van der Waals surface area contributed by atoms with Crippen LogP contribution in [0.25, 0.3) is 5.69 Å². The second-order valence-electron chi connectivity index (χ2n) is 5.37. The minimum Gasteiger partial charge on any atom is -0.335 e. The third kappa shape index (κ3) is 2.71. The van der Waals surface area contributed by atoms with Gasteiger partial charge in [0.1, 0.15) is 6.07 Å². The fourth-order valence-corrected chi connectivity index (χ4v) is 2.51. The Balaban J connectivity index is 1.82. The lowest BCUT2D eigenvalue weighted by atomic mass is 10.2. The molecule has 0 N–H and O–H groups in total. The lowest BCUT2D eigenvalue weighted by molar-refractivity contribution is 0.0657. The molecule has 1 amide bonds. The molecule has 1 aromatic carbocycles. The van der Waals surface area contributed by atoms with Crippen molar-refractivity contribution in [2.75, 3.05) is 33.2 Å². The Morgan fingerprint density at radius 1 is 1.18 bits per heavy atom. The summed E-state index contributed by atoms with van der Waals surface area (Å²) in [5, 5.41) is 13.5. The van der Waals surface area contributed by atoms with Gasteiger partial charge in [0.25, 0.3) is 5.91 Å². The highest BCUT2D eigenvalue weighted by atomic mass is 16.2. The van der Waals surface area contributed by atoms with Crippen LogP contribution in [0.1, 0.15) is 16.1 Å². The second-order valence-corrected chi connectivity index (χ2v) is 5.37. The van der Waals surface area contributed by atoms with Crippen molar-refractivity contribution in [1.82, 2.24) is 19.6 Å². The first-order chi connectivity index (χ1) is 10.7. The molecular weight excluding hydrogens is 278 g/mol. The van der Waals surface area contributed by atoms with Crippen molar-refractivity contribution >= 4 is 5.91 Å². The number of carbonyl (C=O) groups excluding carboxylic acids is 1. The lowest BCUT2D eigenvalue weighted by Gasteiger charge is -2.31. The van der Waals surface area contributed by atoms with Gasteiger partial charge in [-0.1, -0.05) is 12.1 Å². The maximum Gasteiger partial charge on any atom is 0.274 e. The number of likely N-dealkylation sites (N-methyl/N-ethyl adjacent to an activating group) is 1. The normalized spacial score (nSPS) is 15.5.